The normalized spacial score (nSPS) is 18.5. The predicted octanol–water partition coefficient (Wildman–Crippen LogP) is 0.410. The van der Waals surface area contributed by atoms with E-state index in [0.717, 1.165) is 42.6 Å². The molecule has 0 spiro atoms. The van der Waals surface area contributed by atoms with Crippen LogP contribution in [-0.4, -0.2) is 28.2 Å². The number of phenolic OH excluding ortho intramolecular Hbond substituents is 2. The van der Waals surface area contributed by atoms with Gasteiger partial charge in [0, 0.05) is 24.7 Å². The van der Waals surface area contributed by atoms with Gasteiger partial charge >= 0.3 is 0 Å². The van der Waals surface area contributed by atoms with E-state index in [2.05, 4.69) is 23.6 Å². The van der Waals surface area contributed by atoms with Crippen LogP contribution in [0.25, 0.3) is 11.1 Å². The fourth-order valence-electron chi connectivity index (χ4n) is 3.96. The standard InChI is InChI=1S/C19H19NO2.BrH/c1-2-9-20-10-8-12-4-3-5-14-17(12)15(20)11-13-6-7-16(21)19(22)18(13)14;/h2-7,15,21-22H,1,8-11H2;1H/p-1/t15-;/m1./s1. The minimum Gasteiger partial charge on any atom is -1.00 e. The summed E-state index contributed by atoms with van der Waals surface area (Å²) in [7, 11) is 0. The van der Waals surface area contributed by atoms with Gasteiger partial charge < -0.3 is 27.2 Å². The maximum atomic E-state index is 10.3. The second-order valence-electron chi connectivity index (χ2n) is 6.10. The number of hydrogen-bond donors (Lipinski definition) is 2. The van der Waals surface area contributed by atoms with Crippen molar-refractivity contribution in [2.45, 2.75) is 18.9 Å². The zero-order valence-electron chi connectivity index (χ0n) is 12.8. The summed E-state index contributed by atoms with van der Waals surface area (Å²) in [5.74, 6) is -0.0428. The third kappa shape index (κ3) is 2.37. The fourth-order valence-corrected chi connectivity index (χ4v) is 3.96. The molecule has 1 aliphatic carbocycles. The summed E-state index contributed by atoms with van der Waals surface area (Å²) in [5, 5.41) is 20.2. The van der Waals surface area contributed by atoms with Crippen molar-refractivity contribution in [3.63, 3.8) is 0 Å². The summed E-state index contributed by atoms with van der Waals surface area (Å²) in [6.45, 7) is 5.78. The Balaban J connectivity index is 0.00000156. The summed E-state index contributed by atoms with van der Waals surface area (Å²) >= 11 is 0. The molecule has 2 aromatic rings. The molecule has 23 heavy (non-hydrogen) atoms. The van der Waals surface area contributed by atoms with Gasteiger partial charge in [-0.1, -0.05) is 30.3 Å². The van der Waals surface area contributed by atoms with Crippen LogP contribution in [0.5, 0.6) is 11.5 Å². The summed E-state index contributed by atoms with van der Waals surface area (Å²) in [5.41, 5.74) is 5.63. The largest absolute Gasteiger partial charge is 1.00 e. The van der Waals surface area contributed by atoms with Crippen LogP contribution in [0.1, 0.15) is 22.7 Å². The van der Waals surface area contributed by atoms with Crippen molar-refractivity contribution >= 4 is 0 Å². The van der Waals surface area contributed by atoms with Gasteiger partial charge in [0.1, 0.15) is 0 Å². The van der Waals surface area contributed by atoms with Crippen LogP contribution in [0.3, 0.4) is 0 Å². The average Bonchev–Trinajstić information content (AvgIpc) is 2.53. The number of aromatic hydroxyl groups is 2. The molecule has 2 aliphatic rings. The highest BCUT2D eigenvalue weighted by Gasteiger charge is 2.35. The Hall–Kier alpha value is -1.78. The first-order valence-electron chi connectivity index (χ1n) is 7.71. The SMILES string of the molecule is C=CCN1CCc2cccc3c2[C@H]1Cc1ccc(O)c(O)c1-3.[Br-]. The van der Waals surface area contributed by atoms with Gasteiger partial charge in [-0.25, -0.2) is 0 Å². The molecule has 3 nitrogen and oxygen atoms in total. The van der Waals surface area contributed by atoms with Crippen molar-refractivity contribution < 1.29 is 27.2 Å². The molecular formula is C19H19BrNO2-. The Labute approximate surface area is 146 Å². The first kappa shape index (κ1) is 16.1. The monoisotopic (exact) mass is 372 g/mol. The van der Waals surface area contributed by atoms with Crippen molar-refractivity contribution in [1.29, 1.82) is 0 Å². The lowest BCUT2D eigenvalue weighted by molar-refractivity contribution is -0.00000612. The first-order valence-corrected chi connectivity index (χ1v) is 7.71. The molecule has 2 N–H and O–H groups in total. The Morgan fingerprint density at radius 2 is 2.00 bits per heavy atom. The number of fused-ring (bicyclic) bond motifs is 2. The van der Waals surface area contributed by atoms with Crippen LogP contribution in [0.4, 0.5) is 0 Å². The van der Waals surface area contributed by atoms with E-state index in [1.807, 2.05) is 18.2 Å². The lowest BCUT2D eigenvalue weighted by atomic mass is 9.76. The van der Waals surface area contributed by atoms with Crippen molar-refractivity contribution in [1.82, 2.24) is 4.90 Å². The van der Waals surface area contributed by atoms with Crippen LogP contribution < -0.4 is 17.0 Å². The number of nitrogens with zero attached hydrogens (tertiary/aromatic N) is 1. The van der Waals surface area contributed by atoms with Gasteiger partial charge in [0.25, 0.3) is 0 Å². The van der Waals surface area contributed by atoms with E-state index in [4.69, 9.17) is 0 Å². The number of halogens is 1. The molecule has 0 saturated heterocycles. The quantitative estimate of drug-likeness (QED) is 0.592. The highest BCUT2D eigenvalue weighted by Crippen LogP contribution is 2.50. The van der Waals surface area contributed by atoms with Crippen molar-refractivity contribution in [3.8, 4) is 22.6 Å². The van der Waals surface area contributed by atoms with E-state index >= 15 is 0 Å². The topological polar surface area (TPSA) is 43.7 Å². The number of rotatable bonds is 2. The molecule has 120 valence electrons. The van der Waals surface area contributed by atoms with Gasteiger partial charge in [-0.2, -0.15) is 0 Å². The number of benzene rings is 2. The van der Waals surface area contributed by atoms with Crippen LogP contribution in [0.15, 0.2) is 43.0 Å². The van der Waals surface area contributed by atoms with E-state index in [-0.39, 0.29) is 28.5 Å². The Morgan fingerprint density at radius 1 is 1.17 bits per heavy atom. The van der Waals surface area contributed by atoms with E-state index < -0.39 is 0 Å². The Bertz CT molecular complexity index is 772. The fraction of sp³-hybridized carbons (Fsp3) is 0.263. The van der Waals surface area contributed by atoms with Gasteiger partial charge in [0.15, 0.2) is 11.5 Å². The van der Waals surface area contributed by atoms with Crippen LogP contribution in [-0.2, 0) is 12.8 Å². The van der Waals surface area contributed by atoms with Gasteiger partial charge in [0.05, 0.1) is 0 Å². The van der Waals surface area contributed by atoms with Crippen molar-refractivity contribution in [2.75, 3.05) is 13.1 Å². The highest BCUT2D eigenvalue weighted by molar-refractivity contribution is 5.82. The molecule has 1 atom stereocenters. The molecule has 0 unspecified atom stereocenters. The van der Waals surface area contributed by atoms with E-state index in [1.54, 1.807) is 6.07 Å². The predicted molar refractivity (Wildman–Crippen MR) is 87.1 cm³/mol. The van der Waals surface area contributed by atoms with E-state index in [1.165, 1.54) is 11.1 Å². The van der Waals surface area contributed by atoms with Gasteiger partial charge in [-0.05, 0) is 41.2 Å². The Morgan fingerprint density at radius 3 is 2.78 bits per heavy atom. The molecule has 0 aromatic heterocycles. The molecule has 0 saturated carbocycles. The van der Waals surface area contributed by atoms with Gasteiger partial charge in [-0.15, -0.1) is 6.58 Å². The summed E-state index contributed by atoms with van der Waals surface area (Å²) in [6.07, 6.45) is 3.83. The molecule has 0 fully saturated rings. The average molecular weight is 373 g/mol. The van der Waals surface area contributed by atoms with Gasteiger partial charge in [0.2, 0.25) is 0 Å². The van der Waals surface area contributed by atoms with Crippen LogP contribution in [0.2, 0.25) is 0 Å². The Kier molecular flexibility index (Phi) is 4.21. The van der Waals surface area contributed by atoms with E-state index in [0.29, 0.717) is 6.04 Å². The second-order valence-corrected chi connectivity index (χ2v) is 6.10. The third-order valence-electron chi connectivity index (χ3n) is 4.93. The van der Waals surface area contributed by atoms with Crippen molar-refractivity contribution in [2.24, 2.45) is 0 Å². The molecule has 0 radical (unpaired) electrons. The number of hydrogen-bond acceptors (Lipinski definition) is 3. The van der Waals surface area contributed by atoms with Crippen molar-refractivity contribution in [3.05, 3.63) is 59.7 Å². The van der Waals surface area contributed by atoms with Gasteiger partial charge in [-0.3, -0.25) is 4.90 Å². The van der Waals surface area contributed by atoms with Crippen LogP contribution in [0, 0.1) is 0 Å². The summed E-state index contributed by atoms with van der Waals surface area (Å²) in [6, 6.07) is 10.1. The minimum absolute atomic E-state index is 0. The third-order valence-corrected chi connectivity index (χ3v) is 4.93. The lowest BCUT2D eigenvalue weighted by Crippen LogP contribution is -3.00. The molecule has 0 amide bonds. The highest BCUT2D eigenvalue weighted by atomic mass is 79.9. The maximum Gasteiger partial charge on any atom is 0.165 e. The first-order chi connectivity index (χ1) is 10.7. The minimum atomic E-state index is -0.0476. The summed E-state index contributed by atoms with van der Waals surface area (Å²) < 4.78 is 0. The second kappa shape index (κ2) is 6.02. The molecule has 4 heteroatoms. The smallest absolute Gasteiger partial charge is 0.165 e. The molecular weight excluding hydrogens is 354 g/mol. The zero-order chi connectivity index (χ0) is 15.3. The lowest BCUT2D eigenvalue weighted by Gasteiger charge is -2.41. The molecule has 1 heterocycles. The molecule has 2 aromatic carbocycles. The summed E-state index contributed by atoms with van der Waals surface area (Å²) in [4.78, 5) is 2.45. The molecule has 1 aliphatic heterocycles. The molecule has 4 rings (SSSR count). The maximum absolute atomic E-state index is 10.3. The zero-order valence-corrected chi connectivity index (χ0v) is 14.4. The molecule has 0 bridgehead atoms. The number of phenols is 2. The van der Waals surface area contributed by atoms with E-state index in [9.17, 15) is 10.2 Å². The van der Waals surface area contributed by atoms with Crippen LogP contribution >= 0.6 is 0 Å².